The van der Waals surface area contributed by atoms with Gasteiger partial charge in [-0.05, 0) is 37.3 Å². The Labute approximate surface area is 181 Å². The van der Waals surface area contributed by atoms with E-state index in [0.717, 1.165) is 5.56 Å². The molecule has 0 atom stereocenters. The first-order valence-electron chi connectivity index (χ1n) is 8.89. The third-order valence-electron chi connectivity index (χ3n) is 4.06. The molecule has 0 bridgehead atoms. The van der Waals surface area contributed by atoms with Crippen LogP contribution >= 0.6 is 27.5 Å². The van der Waals surface area contributed by atoms with Crippen molar-refractivity contribution >= 4 is 55.7 Å². The van der Waals surface area contributed by atoms with Gasteiger partial charge < -0.3 is 10.1 Å². The molecule has 0 spiro atoms. The lowest BCUT2D eigenvalue weighted by Crippen LogP contribution is -2.04. The third-order valence-corrected chi connectivity index (χ3v) is 4.72. The van der Waals surface area contributed by atoms with Crippen LogP contribution in [0.4, 0.5) is 15.9 Å². The van der Waals surface area contributed by atoms with E-state index in [1.807, 2.05) is 13.0 Å². The number of aromatic nitrogens is 2. The van der Waals surface area contributed by atoms with Crippen molar-refractivity contribution in [3.05, 3.63) is 65.2 Å². The fraction of sp³-hybridized carbons (Fsp3) is 0.190. The molecular formula is C21H18BrClFN3O2. The van der Waals surface area contributed by atoms with Crippen LogP contribution in [-0.2, 0) is 11.2 Å². The van der Waals surface area contributed by atoms with Crippen LogP contribution in [0.1, 0.15) is 12.5 Å². The van der Waals surface area contributed by atoms with Crippen molar-refractivity contribution in [2.45, 2.75) is 13.3 Å². The molecule has 29 heavy (non-hydrogen) atoms. The molecule has 0 aliphatic carbocycles. The molecule has 1 N–H and O–H groups in total. The summed E-state index contributed by atoms with van der Waals surface area (Å²) in [7, 11) is 0. The number of carbonyl (C=O) groups excluding carboxylic acids is 1. The van der Waals surface area contributed by atoms with Gasteiger partial charge in [0.05, 0.1) is 17.1 Å². The number of anilines is 2. The van der Waals surface area contributed by atoms with Crippen molar-refractivity contribution in [1.82, 2.24) is 9.97 Å². The normalized spacial score (nSPS) is 11.2. The molecule has 3 rings (SSSR count). The first-order chi connectivity index (χ1) is 14.0. The van der Waals surface area contributed by atoms with Crippen LogP contribution in [0.5, 0.6) is 5.75 Å². The largest absolute Gasteiger partial charge is 0.494 e. The number of hydrogen-bond acceptors (Lipinski definition) is 5. The van der Waals surface area contributed by atoms with Gasteiger partial charge in [0.1, 0.15) is 23.7 Å². The minimum Gasteiger partial charge on any atom is -0.494 e. The van der Waals surface area contributed by atoms with Gasteiger partial charge in [-0.15, -0.1) is 0 Å². The van der Waals surface area contributed by atoms with Gasteiger partial charge in [0, 0.05) is 34.5 Å². The zero-order chi connectivity index (χ0) is 20.8. The van der Waals surface area contributed by atoms with Gasteiger partial charge in [0.15, 0.2) is 5.78 Å². The van der Waals surface area contributed by atoms with Gasteiger partial charge in [-0.3, -0.25) is 4.79 Å². The summed E-state index contributed by atoms with van der Waals surface area (Å²) < 4.78 is 19.1. The molecule has 0 saturated carbocycles. The number of ether oxygens (including phenoxy) is 1. The summed E-state index contributed by atoms with van der Waals surface area (Å²) in [5.41, 5.74) is 1.98. The van der Waals surface area contributed by atoms with Crippen molar-refractivity contribution in [3.63, 3.8) is 0 Å². The number of alkyl halides is 1. The number of rotatable bonds is 8. The molecule has 0 fully saturated rings. The Bertz CT molecular complexity index is 1080. The Kier molecular flexibility index (Phi) is 7.17. The minimum atomic E-state index is -0.497. The average molecular weight is 479 g/mol. The molecule has 0 unspecified atom stereocenters. The lowest BCUT2D eigenvalue weighted by atomic mass is 10.0. The fourth-order valence-corrected chi connectivity index (χ4v) is 3.16. The maximum atomic E-state index is 13.4. The second-order valence-corrected chi connectivity index (χ2v) is 7.14. The third kappa shape index (κ3) is 5.31. The predicted molar refractivity (Wildman–Crippen MR) is 117 cm³/mol. The Morgan fingerprint density at radius 3 is 2.86 bits per heavy atom. The van der Waals surface area contributed by atoms with E-state index >= 15 is 0 Å². The van der Waals surface area contributed by atoms with Crippen LogP contribution in [0.2, 0.25) is 5.02 Å². The van der Waals surface area contributed by atoms with Crippen molar-refractivity contribution in [2.75, 3.05) is 17.3 Å². The average Bonchev–Trinajstić information content (AvgIpc) is 2.70. The summed E-state index contributed by atoms with van der Waals surface area (Å²) in [5.74, 6) is 0.588. The smallest absolute Gasteiger partial charge is 0.159 e. The number of ketones is 1. The SMILES string of the molecule is CCOc1cc2ncnc(Nc3ccc(F)c(Cl)c3)c2cc1CC(=O)/C=C/CBr. The number of fused-ring (bicyclic) bond motifs is 1. The van der Waals surface area contributed by atoms with Gasteiger partial charge in [0.2, 0.25) is 0 Å². The Balaban J connectivity index is 2.02. The van der Waals surface area contributed by atoms with Crippen LogP contribution < -0.4 is 10.1 Å². The summed E-state index contributed by atoms with van der Waals surface area (Å²) >= 11 is 9.13. The van der Waals surface area contributed by atoms with E-state index < -0.39 is 5.82 Å². The van der Waals surface area contributed by atoms with Gasteiger partial charge in [0.25, 0.3) is 0 Å². The molecule has 3 aromatic rings. The van der Waals surface area contributed by atoms with Gasteiger partial charge in [-0.25, -0.2) is 14.4 Å². The highest BCUT2D eigenvalue weighted by Gasteiger charge is 2.13. The van der Waals surface area contributed by atoms with E-state index in [-0.39, 0.29) is 17.2 Å². The number of halogens is 3. The van der Waals surface area contributed by atoms with Gasteiger partial charge >= 0.3 is 0 Å². The van der Waals surface area contributed by atoms with E-state index in [0.29, 0.717) is 40.1 Å². The fourth-order valence-electron chi connectivity index (χ4n) is 2.79. The van der Waals surface area contributed by atoms with E-state index in [2.05, 4.69) is 31.2 Å². The number of nitrogens with zero attached hydrogens (tertiary/aromatic N) is 2. The lowest BCUT2D eigenvalue weighted by molar-refractivity contribution is -0.114. The van der Waals surface area contributed by atoms with E-state index in [9.17, 15) is 9.18 Å². The summed E-state index contributed by atoms with van der Waals surface area (Å²) in [4.78, 5) is 20.8. The van der Waals surface area contributed by atoms with E-state index in [1.165, 1.54) is 24.5 Å². The second kappa shape index (κ2) is 9.80. The molecule has 0 saturated heterocycles. The van der Waals surface area contributed by atoms with Crippen molar-refractivity contribution < 1.29 is 13.9 Å². The lowest BCUT2D eigenvalue weighted by Gasteiger charge is -2.13. The number of nitrogens with one attached hydrogen (secondary N) is 1. The van der Waals surface area contributed by atoms with Crippen molar-refractivity contribution in [1.29, 1.82) is 0 Å². The van der Waals surface area contributed by atoms with E-state index in [4.69, 9.17) is 16.3 Å². The van der Waals surface area contributed by atoms with Gasteiger partial charge in [-0.2, -0.15) is 0 Å². The highest BCUT2D eigenvalue weighted by Crippen LogP contribution is 2.31. The topological polar surface area (TPSA) is 64.1 Å². The minimum absolute atomic E-state index is 0.0110. The van der Waals surface area contributed by atoms with Crippen molar-refractivity contribution in [3.8, 4) is 5.75 Å². The number of allylic oxidation sites excluding steroid dienone is 2. The molecule has 0 amide bonds. The highest BCUT2D eigenvalue weighted by molar-refractivity contribution is 9.09. The Hall–Kier alpha value is -2.51. The second-order valence-electron chi connectivity index (χ2n) is 6.09. The molecular weight excluding hydrogens is 461 g/mol. The first-order valence-corrected chi connectivity index (χ1v) is 10.4. The van der Waals surface area contributed by atoms with Crippen LogP contribution in [-0.4, -0.2) is 27.7 Å². The zero-order valence-corrected chi connectivity index (χ0v) is 17.9. The summed E-state index contributed by atoms with van der Waals surface area (Å²) in [6.45, 7) is 2.35. The summed E-state index contributed by atoms with van der Waals surface area (Å²) in [6, 6.07) is 7.96. The first kappa shape index (κ1) is 21.2. The molecule has 0 radical (unpaired) electrons. The van der Waals surface area contributed by atoms with Gasteiger partial charge in [-0.1, -0.05) is 33.6 Å². The molecule has 8 heteroatoms. The Morgan fingerprint density at radius 2 is 2.14 bits per heavy atom. The quantitative estimate of drug-likeness (QED) is 0.336. The molecule has 150 valence electrons. The zero-order valence-electron chi connectivity index (χ0n) is 15.6. The van der Waals surface area contributed by atoms with Crippen LogP contribution in [0.25, 0.3) is 10.9 Å². The molecule has 1 aromatic heterocycles. The standard InChI is InChI=1S/C21H18BrClFN3O2/c1-2-29-20-11-19-16(9-13(20)8-15(28)4-3-7-22)21(26-12-25-19)27-14-5-6-18(24)17(23)10-14/h3-6,9-12H,2,7-8H2,1H3,(H,25,26,27)/b4-3+. The molecule has 2 aromatic carbocycles. The number of benzene rings is 2. The monoisotopic (exact) mass is 477 g/mol. The highest BCUT2D eigenvalue weighted by atomic mass is 79.9. The number of hydrogen-bond donors (Lipinski definition) is 1. The predicted octanol–water partition coefficient (Wildman–Crippen LogP) is 5.63. The van der Waals surface area contributed by atoms with Crippen LogP contribution in [0.3, 0.4) is 0 Å². The Morgan fingerprint density at radius 1 is 1.31 bits per heavy atom. The number of carbonyl (C=O) groups is 1. The molecule has 5 nitrogen and oxygen atoms in total. The van der Waals surface area contributed by atoms with Crippen LogP contribution in [0, 0.1) is 5.82 Å². The summed E-state index contributed by atoms with van der Waals surface area (Å²) in [5, 5.41) is 4.46. The molecule has 0 aliphatic heterocycles. The molecule has 0 aliphatic rings. The van der Waals surface area contributed by atoms with Crippen molar-refractivity contribution in [2.24, 2.45) is 0 Å². The molecule has 1 heterocycles. The van der Waals surface area contributed by atoms with Crippen LogP contribution in [0.15, 0.2) is 48.8 Å². The summed E-state index contributed by atoms with van der Waals surface area (Å²) in [6.07, 6.45) is 4.90. The maximum Gasteiger partial charge on any atom is 0.159 e. The van der Waals surface area contributed by atoms with E-state index in [1.54, 1.807) is 18.2 Å². The maximum absolute atomic E-state index is 13.4.